The monoisotopic (exact) mass is 281 g/mol. The third-order valence-electron chi connectivity index (χ3n) is 3.36. The lowest BCUT2D eigenvalue weighted by Crippen LogP contribution is -2.05. The molecular formula is C15H15N5O. The summed E-state index contributed by atoms with van der Waals surface area (Å²) < 4.78 is 1.93. The van der Waals surface area contributed by atoms with Crippen molar-refractivity contribution in [1.82, 2.24) is 19.6 Å². The third-order valence-corrected chi connectivity index (χ3v) is 3.36. The van der Waals surface area contributed by atoms with E-state index >= 15 is 0 Å². The number of anilines is 1. The van der Waals surface area contributed by atoms with Crippen molar-refractivity contribution >= 4 is 17.4 Å². The molecule has 21 heavy (non-hydrogen) atoms. The topological polar surface area (TPSA) is 72.2 Å². The average Bonchev–Trinajstić information content (AvgIpc) is 2.88. The minimum absolute atomic E-state index is 0.0862. The molecule has 1 amide bonds. The molecule has 0 unspecified atom stereocenters. The Hall–Kier alpha value is -2.76. The van der Waals surface area contributed by atoms with Gasteiger partial charge in [-0.05, 0) is 26.0 Å². The Kier molecular flexibility index (Phi) is 3.13. The molecule has 0 atom stereocenters. The van der Waals surface area contributed by atoms with Crippen LogP contribution in [0.15, 0.2) is 30.5 Å². The van der Waals surface area contributed by atoms with Crippen molar-refractivity contribution in [3.05, 3.63) is 41.9 Å². The molecule has 3 aromatic rings. The number of nitrogens with one attached hydrogen (secondary N) is 1. The molecule has 0 aliphatic heterocycles. The fourth-order valence-corrected chi connectivity index (χ4v) is 2.12. The number of rotatable bonds is 2. The van der Waals surface area contributed by atoms with Crippen molar-refractivity contribution in [1.29, 1.82) is 0 Å². The second kappa shape index (κ2) is 4.97. The highest BCUT2D eigenvalue weighted by Crippen LogP contribution is 2.21. The number of aryl methyl sites for hydroxylation is 2. The van der Waals surface area contributed by atoms with Crippen LogP contribution in [0.1, 0.15) is 18.3 Å². The number of imidazole rings is 1. The fourth-order valence-electron chi connectivity index (χ4n) is 2.12. The van der Waals surface area contributed by atoms with Crippen molar-refractivity contribution in [3.63, 3.8) is 0 Å². The Morgan fingerprint density at radius 3 is 2.52 bits per heavy atom. The first-order valence-corrected chi connectivity index (χ1v) is 6.61. The predicted molar refractivity (Wildman–Crippen MR) is 80.0 cm³/mol. The maximum atomic E-state index is 11.0. The van der Waals surface area contributed by atoms with Gasteiger partial charge >= 0.3 is 0 Å². The Morgan fingerprint density at radius 2 is 1.86 bits per heavy atom. The maximum Gasteiger partial charge on any atom is 0.254 e. The molecule has 1 N–H and O–H groups in total. The van der Waals surface area contributed by atoms with Gasteiger partial charge in [0.15, 0.2) is 0 Å². The van der Waals surface area contributed by atoms with Crippen LogP contribution in [0.5, 0.6) is 0 Å². The lowest BCUT2D eigenvalue weighted by molar-refractivity contribution is -0.114. The molecule has 0 aliphatic rings. The minimum atomic E-state index is -0.0862. The Labute approximate surface area is 121 Å². The summed E-state index contributed by atoms with van der Waals surface area (Å²) in [4.78, 5) is 15.5. The molecular weight excluding hydrogens is 266 g/mol. The van der Waals surface area contributed by atoms with Crippen molar-refractivity contribution in [2.75, 3.05) is 5.32 Å². The van der Waals surface area contributed by atoms with Gasteiger partial charge in [-0.25, -0.2) is 4.98 Å². The second-order valence-electron chi connectivity index (χ2n) is 4.93. The summed E-state index contributed by atoms with van der Waals surface area (Å²) in [5.41, 5.74) is 4.46. The average molecular weight is 281 g/mol. The first-order chi connectivity index (χ1) is 10.0. The molecule has 0 saturated carbocycles. The molecule has 1 aromatic carbocycles. The highest BCUT2D eigenvalue weighted by molar-refractivity contribution is 5.88. The smallest absolute Gasteiger partial charge is 0.254 e. The second-order valence-corrected chi connectivity index (χ2v) is 4.93. The molecule has 6 heteroatoms. The number of carbonyl (C=O) groups excluding carboxylic acids is 1. The molecule has 0 bridgehead atoms. The van der Waals surface area contributed by atoms with Gasteiger partial charge in [-0.1, -0.05) is 12.1 Å². The van der Waals surface area contributed by atoms with Gasteiger partial charge in [0.1, 0.15) is 0 Å². The number of fused-ring (bicyclic) bond motifs is 1. The maximum absolute atomic E-state index is 11.0. The molecule has 0 spiro atoms. The summed E-state index contributed by atoms with van der Waals surface area (Å²) in [6, 6.07) is 7.54. The SMILES string of the molecule is CC(=O)Nc1ccc(-c2cn3c(C)c(C)nnc3n2)cc1. The number of hydrogen-bond acceptors (Lipinski definition) is 4. The van der Waals surface area contributed by atoms with Gasteiger partial charge in [-0.15, -0.1) is 5.10 Å². The summed E-state index contributed by atoms with van der Waals surface area (Å²) in [5, 5.41) is 10.9. The van der Waals surface area contributed by atoms with E-state index < -0.39 is 0 Å². The molecule has 0 aliphatic carbocycles. The molecule has 6 nitrogen and oxygen atoms in total. The van der Waals surface area contributed by atoms with E-state index in [1.165, 1.54) is 6.92 Å². The first-order valence-electron chi connectivity index (χ1n) is 6.61. The van der Waals surface area contributed by atoms with Gasteiger partial charge in [0.2, 0.25) is 5.91 Å². The van der Waals surface area contributed by atoms with E-state index in [9.17, 15) is 4.79 Å². The van der Waals surface area contributed by atoms with E-state index in [2.05, 4.69) is 20.5 Å². The van der Waals surface area contributed by atoms with Crippen molar-refractivity contribution < 1.29 is 4.79 Å². The first kappa shape index (κ1) is 13.2. The molecule has 2 aromatic heterocycles. The highest BCUT2D eigenvalue weighted by Gasteiger charge is 2.09. The molecule has 3 rings (SSSR count). The van der Waals surface area contributed by atoms with Crippen LogP contribution in [0.3, 0.4) is 0 Å². The zero-order valence-corrected chi connectivity index (χ0v) is 12.1. The van der Waals surface area contributed by atoms with Crippen molar-refractivity contribution in [2.45, 2.75) is 20.8 Å². The summed E-state index contributed by atoms with van der Waals surface area (Å²) in [6.07, 6.45) is 1.94. The minimum Gasteiger partial charge on any atom is -0.326 e. The fraction of sp³-hybridized carbons (Fsp3) is 0.200. The normalized spacial score (nSPS) is 10.8. The number of amides is 1. The Bertz CT molecular complexity index is 820. The van der Waals surface area contributed by atoms with E-state index in [1.807, 2.05) is 48.7 Å². The molecule has 0 saturated heterocycles. The van der Waals surface area contributed by atoms with Crippen LogP contribution in [0.4, 0.5) is 5.69 Å². The molecule has 0 fully saturated rings. The van der Waals surface area contributed by atoms with Crippen molar-refractivity contribution in [2.24, 2.45) is 0 Å². The van der Waals surface area contributed by atoms with Gasteiger partial charge in [0.25, 0.3) is 5.78 Å². The van der Waals surface area contributed by atoms with E-state index in [0.29, 0.717) is 5.78 Å². The Balaban J connectivity index is 2.00. The zero-order valence-electron chi connectivity index (χ0n) is 12.1. The van der Waals surface area contributed by atoms with Crippen molar-refractivity contribution in [3.8, 4) is 11.3 Å². The van der Waals surface area contributed by atoms with Gasteiger partial charge < -0.3 is 5.32 Å². The summed E-state index contributed by atoms with van der Waals surface area (Å²) in [5.74, 6) is 0.496. The highest BCUT2D eigenvalue weighted by atomic mass is 16.1. The molecule has 106 valence electrons. The lowest BCUT2D eigenvalue weighted by Gasteiger charge is -2.02. The van der Waals surface area contributed by atoms with E-state index in [1.54, 1.807) is 0 Å². The molecule has 2 heterocycles. The van der Waals surface area contributed by atoms with Gasteiger partial charge in [0.05, 0.1) is 11.4 Å². The standard InChI is InChI=1S/C15H15N5O/c1-9-10(2)20-8-14(17-15(20)19-18-9)12-4-6-13(7-5-12)16-11(3)21/h4-8H,1-3H3,(H,16,21). The number of aromatic nitrogens is 4. The van der Waals surface area contributed by atoms with Gasteiger partial charge in [0, 0.05) is 30.1 Å². The van der Waals surface area contributed by atoms with E-state index in [-0.39, 0.29) is 5.91 Å². The van der Waals surface area contributed by atoms with Crippen LogP contribution in [-0.2, 0) is 4.79 Å². The van der Waals surface area contributed by atoms with Gasteiger partial charge in [-0.3, -0.25) is 9.20 Å². The van der Waals surface area contributed by atoms with Gasteiger partial charge in [-0.2, -0.15) is 5.10 Å². The quantitative estimate of drug-likeness (QED) is 0.782. The largest absolute Gasteiger partial charge is 0.326 e. The van der Waals surface area contributed by atoms with Crippen LogP contribution < -0.4 is 5.32 Å². The number of carbonyl (C=O) groups is 1. The van der Waals surface area contributed by atoms with Crippen LogP contribution in [0.2, 0.25) is 0 Å². The summed E-state index contributed by atoms with van der Waals surface area (Å²) in [6.45, 7) is 5.39. The van der Waals surface area contributed by atoms with Crippen LogP contribution >= 0.6 is 0 Å². The molecule has 0 radical (unpaired) electrons. The van der Waals surface area contributed by atoms with Crippen LogP contribution in [-0.4, -0.2) is 25.5 Å². The number of benzene rings is 1. The summed E-state index contributed by atoms with van der Waals surface area (Å²) >= 11 is 0. The third kappa shape index (κ3) is 2.47. The van der Waals surface area contributed by atoms with E-state index in [0.717, 1.165) is 28.3 Å². The predicted octanol–water partition coefficient (Wildman–Crippen LogP) is 2.37. The van der Waals surface area contributed by atoms with E-state index in [4.69, 9.17) is 0 Å². The Morgan fingerprint density at radius 1 is 1.14 bits per heavy atom. The van der Waals surface area contributed by atoms with Crippen LogP contribution in [0.25, 0.3) is 17.0 Å². The lowest BCUT2D eigenvalue weighted by atomic mass is 10.1. The zero-order chi connectivity index (χ0) is 15.0. The van der Waals surface area contributed by atoms with Crippen LogP contribution in [0, 0.1) is 13.8 Å². The summed E-state index contributed by atoms with van der Waals surface area (Å²) in [7, 11) is 0. The number of hydrogen-bond donors (Lipinski definition) is 1. The number of nitrogens with zero attached hydrogens (tertiary/aromatic N) is 4.